The van der Waals surface area contributed by atoms with Crippen LogP contribution in [0, 0.1) is 11.3 Å². The zero-order valence-corrected chi connectivity index (χ0v) is 11.1. The number of nitrogens with zero attached hydrogens (tertiary/aromatic N) is 2. The van der Waals surface area contributed by atoms with E-state index in [1.807, 2.05) is 24.3 Å². The van der Waals surface area contributed by atoms with Crippen LogP contribution in [0.2, 0.25) is 0 Å². The lowest BCUT2D eigenvalue weighted by Gasteiger charge is -2.07. The minimum Gasteiger partial charge on any atom is -0.380 e. The normalized spacial score (nSPS) is 9.60. The molecular formula is C15H14N4O. The molecule has 2 N–H and O–H groups in total. The van der Waals surface area contributed by atoms with Crippen LogP contribution in [0.3, 0.4) is 0 Å². The summed E-state index contributed by atoms with van der Waals surface area (Å²) < 4.78 is 0. The Balaban J connectivity index is 2.03. The molecule has 0 saturated heterocycles. The third kappa shape index (κ3) is 3.33. The second-order valence-electron chi connectivity index (χ2n) is 4.18. The van der Waals surface area contributed by atoms with Crippen molar-refractivity contribution >= 4 is 11.6 Å². The van der Waals surface area contributed by atoms with Crippen molar-refractivity contribution in [3.63, 3.8) is 0 Å². The second kappa shape index (κ2) is 6.34. The van der Waals surface area contributed by atoms with Gasteiger partial charge in [-0.2, -0.15) is 5.26 Å². The van der Waals surface area contributed by atoms with E-state index in [1.54, 1.807) is 31.4 Å². The summed E-state index contributed by atoms with van der Waals surface area (Å²) in [6.07, 6.45) is 1.61. The Morgan fingerprint density at radius 1 is 1.35 bits per heavy atom. The number of hydrogen-bond acceptors (Lipinski definition) is 4. The Morgan fingerprint density at radius 2 is 2.20 bits per heavy atom. The molecule has 0 aliphatic heterocycles. The summed E-state index contributed by atoms with van der Waals surface area (Å²) in [4.78, 5) is 15.5. The number of hydrogen-bond donors (Lipinski definition) is 2. The first-order valence-electron chi connectivity index (χ1n) is 6.14. The predicted molar refractivity (Wildman–Crippen MR) is 76.1 cm³/mol. The first-order valence-corrected chi connectivity index (χ1v) is 6.14. The third-order valence-corrected chi connectivity index (χ3v) is 2.79. The Hall–Kier alpha value is -2.87. The molecule has 100 valence electrons. The molecule has 1 amide bonds. The maximum absolute atomic E-state index is 11.5. The van der Waals surface area contributed by atoms with Crippen molar-refractivity contribution in [2.75, 3.05) is 12.4 Å². The van der Waals surface area contributed by atoms with Gasteiger partial charge in [-0.05, 0) is 29.8 Å². The average molecular weight is 266 g/mol. The summed E-state index contributed by atoms with van der Waals surface area (Å²) in [7, 11) is 1.61. The fraction of sp³-hybridized carbons (Fsp3) is 0.133. The van der Waals surface area contributed by atoms with Gasteiger partial charge in [-0.25, -0.2) is 4.98 Å². The van der Waals surface area contributed by atoms with E-state index >= 15 is 0 Å². The number of carbonyl (C=O) groups excluding carboxylic acids is 1. The first kappa shape index (κ1) is 13.6. The molecule has 0 atom stereocenters. The molecule has 1 heterocycles. The molecule has 5 nitrogen and oxygen atoms in total. The smallest absolute Gasteiger partial charge is 0.251 e. The number of benzene rings is 1. The molecule has 5 heteroatoms. The lowest BCUT2D eigenvalue weighted by molar-refractivity contribution is 0.0963. The summed E-state index contributed by atoms with van der Waals surface area (Å²) in [6.45, 7) is 0.582. The van der Waals surface area contributed by atoms with E-state index in [2.05, 4.69) is 15.6 Å². The van der Waals surface area contributed by atoms with Crippen LogP contribution in [0.15, 0.2) is 42.6 Å². The number of rotatable bonds is 4. The van der Waals surface area contributed by atoms with Crippen LogP contribution in [0.25, 0.3) is 0 Å². The maximum atomic E-state index is 11.5. The van der Waals surface area contributed by atoms with Gasteiger partial charge in [-0.1, -0.05) is 12.1 Å². The molecule has 0 aliphatic rings. The molecule has 0 spiro atoms. The second-order valence-corrected chi connectivity index (χ2v) is 4.18. The average Bonchev–Trinajstić information content (AvgIpc) is 2.53. The Morgan fingerprint density at radius 3 is 2.85 bits per heavy atom. The summed E-state index contributed by atoms with van der Waals surface area (Å²) in [5, 5.41) is 14.5. The summed E-state index contributed by atoms with van der Waals surface area (Å²) in [5.41, 5.74) is 2.84. The number of aromatic nitrogens is 1. The molecule has 0 saturated carbocycles. The van der Waals surface area contributed by atoms with Gasteiger partial charge in [0.05, 0.1) is 11.9 Å². The van der Waals surface area contributed by atoms with Gasteiger partial charge < -0.3 is 10.6 Å². The van der Waals surface area contributed by atoms with Gasteiger partial charge in [-0.3, -0.25) is 4.79 Å². The van der Waals surface area contributed by atoms with Gasteiger partial charge in [0, 0.05) is 19.2 Å². The Labute approximate surface area is 117 Å². The molecular weight excluding hydrogens is 252 g/mol. The van der Waals surface area contributed by atoms with E-state index in [1.165, 1.54) is 0 Å². The Kier molecular flexibility index (Phi) is 4.30. The number of carbonyl (C=O) groups is 1. The number of nitriles is 1. The number of anilines is 1. The monoisotopic (exact) mass is 266 g/mol. The number of amides is 1. The van der Waals surface area contributed by atoms with Crippen LogP contribution in [-0.2, 0) is 6.54 Å². The molecule has 0 fully saturated rings. The topological polar surface area (TPSA) is 77.8 Å². The highest BCUT2D eigenvalue weighted by molar-refractivity contribution is 5.94. The van der Waals surface area contributed by atoms with Crippen LogP contribution in [0.5, 0.6) is 0 Å². The predicted octanol–water partition coefficient (Wildman–Crippen LogP) is 1.92. The minimum atomic E-state index is -0.105. The summed E-state index contributed by atoms with van der Waals surface area (Å²) in [6, 6.07) is 12.8. The Bertz CT molecular complexity index is 644. The molecule has 20 heavy (non-hydrogen) atoms. The van der Waals surface area contributed by atoms with Gasteiger partial charge in [-0.15, -0.1) is 0 Å². The van der Waals surface area contributed by atoms with E-state index in [0.717, 1.165) is 11.3 Å². The van der Waals surface area contributed by atoms with Crippen molar-refractivity contribution in [1.29, 1.82) is 5.26 Å². The molecule has 0 aliphatic carbocycles. The quantitative estimate of drug-likeness (QED) is 0.886. The lowest BCUT2D eigenvalue weighted by Crippen LogP contribution is -2.17. The fourth-order valence-electron chi connectivity index (χ4n) is 1.74. The van der Waals surface area contributed by atoms with Gasteiger partial charge >= 0.3 is 0 Å². The first-order chi connectivity index (χ1) is 9.72. The molecule has 2 rings (SSSR count). The van der Waals surface area contributed by atoms with Crippen molar-refractivity contribution in [3.05, 3.63) is 59.4 Å². The minimum absolute atomic E-state index is 0.105. The standard InChI is InChI=1S/C15H14N4O/c1-17-15(20)12-4-2-3-11(7-12)9-18-14-6-5-13(8-16)19-10-14/h2-7,10,18H,9H2,1H3,(H,17,20). The van der Waals surface area contributed by atoms with E-state index in [4.69, 9.17) is 5.26 Å². The van der Waals surface area contributed by atoms with Crippen LogP contribution in [-0.4, -0.2) is 17.9 Å². The van der Waals surface area contributed by atoms with E-state index in [-0.39, 0.29) is 5.91 Å². The van der Waals surface area contributed by atoms with Crippen molar-refractivity contribution < 1.29 is 4.79 Å². The summed E-state index contributed by atoms with van der Waals surface area (Å²) >= 11 is 0. The van der Waals surface area contributed by atoms with Crippen molar-refractivity contribution in [3.8, 4) is 6.07 Å². The zero-order chi connectivity index (χ0) is 14.4. The van der Waals surface area contributed by atoms with Gasteiger partial charge in [0.15, 0.2) is 0 Å². The highest BCUT2D eigenvalue weighted by Crippen LogP contribution is 2.10. The van der Waals surface area contributed by atoms with Crippen molar-refractivity contribution in [2.24, 2.45) is 0 Å². The SMILES string of the molecule is CNC(=O)c1cccc(CNc2ccc(C#N)nc2)c1. The molecule has 0 radical (unpaired) electrons. The van der Waals surface area contributed by atoms with Gasteiger partial charge in [0.2, 0.25) is 0 Å². The van der Waals surface area contributed by atoms with Crippen LogP contribution < -0.4 is 10.6 Å². The van der Waals surface area contributed by atoms with Crippen LogP contribution in [0.4, 0.5) is 5.69 Å². The molecule has 0 bridgehead atoms. The van der Waals surface area contributed by atoms with Gasteiger partial charge in [0.25, 0.3) is 5.91 Å². The maximum Gasteiger partial charge on any atom is 0.251 e. The lowest BCUT2D eigenvalue weighted by atomic mass is 10.1. The fourth-order valence-corrected chi connectivity index (χ4v) is 1.74. The molecule has 0 unspecified atom stereocenters. The number of nitrogens with one attached hydrogen (secondary N) is 2. The molecule has 1 aromatic heterocycles. The van der Waals surface area contributed by atoms with E-state index in [9.17, 15) is 4.79 Å². The highest BCUT2D eigenvalue weighted by Gasteiger charge is 2.03. The third-order valence-electron chi connectivity index (χ3n) is 2.79. The van der Waals surface area contributed by atoms with Gasteiger partial charge in [0.1, 0.15) is 11.8 Å². The molecule has 2 aromatic rings. The van der Waals surface area contributed by atoms with Crippen molar-refractivity contribution in [2.45, 2.75) is 6.54 Å². The van der Waals surface area contributed by atoms with Crippen molar-refractivity contribution in [1.82, 2.24) is 10.3 Å². The van der Waals surface area contributed by atoms with E-state index in [0.29, 0.717) is 17.8 Å². The zero-order valence-electron chi connectivity index (χ0n) is 11.1. The van der Waals surface area contributed by atoms with Crippen LogP contribution in [0.1, 0.15) is 21.6 Å². The largest absolute Gasteiger partial charge is 0.380 e. The highest BCUT2D eigenvalue weighted by atomic mass is 16.1. The van der Waals surface area contributed by atoms with E-state index < -0.39 is 0 Å². The number of pyridine rings is 1. The van der Waals surface area contributed by atoms with Crippen LogP contribution >= 0.6 is 0 Å². The summed E-state index contributed by atoms with van der Waals surface area (Å²) in [5.74, 6) is -0.105. The molecule has 1 aromatic carbocycles.